The molecule has 0 bridgehead atoms. The molecule has 21 heavy (non-hydrogen) atoms. The first-order chi connectivity index (χ1) is 10.2. The van der Waals surface area contributed by atoms with Gasteiger partial charge in [0.2, 0.25) is 5.91 Å². The molecular weight excluding hydrogens is 286 g/mol. The Hall–Kier alpha value is -0.740. The maximum absolute atomic E-state index is 12.0. The quantitative estimate of drug-likeness (QED) is 0.666. The fraction of sp³-hybridized carbons (Fsp3) is 0.800. The van der Waals surface area contributed by atoms with Gasteiger partial charge in [-0.05, 0) is 31.1 Å². The zero-order valence-corrected chi connectivity index (χ0v) is 12.9. The van der Waals surface area contributed by atoms with Crippen LogP contribution >= 0.6 is 11.8 Å². The van der Waals surface area contributed by atoms with Crippen molar-refractivity contribution in [2.45, 2.75) is 55.1 Å². The summed E-state index contributed by atoms with van der Waals surface area (Å²) in [6.07, 6.45) is 10.6. The minimum atomic E-state index is -0.0852. The SMILES string of the molecule is C#CCOC1CCCC(C2CC(=O)NC3NC(N)SC32)C1. The summed E-state index contributed by atoms with van der Waals surface area (Å²) < 4.78 is 5.73. The third-order valence-electron chi connectivity index (χ3n) is 4.81. The van der Waals surface area contributed by atoms with E-state index in [9.17, 15) is 4.79 Å². The van der Waals surface area contributed by atoms with Crippen molar-refractivity contribution in [3.05, 3.63) is 0 Å². The van der Waals surface area contributed by atoms with Gasteiger partial charge in [-0.15, -0.1) is 18.2 Å². The van der Waals surface area contributed by atoms with Gasteiger partial charge in [0.25, 0.3) is 0 Å². The van der Waals surface area contributed by atoms with Gasteiger partial charge in [-0.1, -0.05) is 12.3 Å². The molecule has 1 amide bonds. The lowest BCUT2D eigenvalue weighted by molar-refractivity contribution is -0.126. The third kappa shape index (κ3) is 3.37. The van der Waals surface area contributed by atoms with Crippen LogP contribution in [0.4, 0.5) is 0 Å². The van der Waals surface area contributed by atoms with Crippen LogP contribution in [-0.4, -0.2) is 35.5 Å². The molecule has 3 aliphatic rings. The van der Waals surface area contributed by atoms with Crippen LogP contribution in [0.2, 0.25) is 0 Å². The van der Waals surface area contributed by atoms with Gasteiger partial charge in [-0.25, -0.2) is 0 Å². The third-order valence-corrected chi connectivity index (χ3v) is 6.18. The van der Waals surface area contributed by atoms with Crippen molar-refractivity contribution < 1.29 is 9.53 Å². The van der Waals surface area contributed by atoms with E-state index in [4.69, 9.17) is 16.9 Å². The number of rotatable bonds is 3. The number of hydrogen-bond acceptors (Lipinski definition) is 5. The van der Waals surface area contributed by atoms with Crippen molar-refractivity contribution in [1.82, 2.24) is 10.6 Å². The molecule has 6 heteroatoms. The first kappa shape index (κ1) is 15.2. The van der Waals surface area contributed by atoms with E-state index in [1.807, 2.05) is 0 Å². The first-order valence-electron chi connectivity index (χ1n) is 7.69. The molecule has 3 fully saturated rings. The Morgan fingerprint density at radius 3 is 3.14 bits per heavy atom. The second-order valence-corrected chi connectivity index (χ2v) is 7.49. The Balaban J connectivity index is 1.66. The summed E-state index contributed by atoms with van der Waals surface area (Å²) in [5, 5.41) is 6.64. The van der Waals surface area contributed by atoms with Crippen LogP contribution in [0.1, 0.15) is 32.1 Å². The predicted octanol–water partition coefficient (Wildman–Crippen LogP) is 0.605. The Morgan fingerprint density at radius 2 is 2.33 bits per heavy atom. The van der Waals surface area contributed by atoms with E-state index < -0.39 is 0 Å². The van der Waals surface area contributed by atoms with Gasteiger partial charge >= 0.3 is 0 Å². The maximum Gasteiger partial charge on any atom is 0.221 e. The van der Waals surface area contributed by atoms with Crippen LogP contribution in [-0.2, 0) is 9.53 Å². The lowest BCUT2D eigenvalue weighted by Crippen LogP contribution is -2.57. The number of nitrogens with two attached hydrogens (primary N) is 1. The van der Waals surface area contributed by atoms with Crippen molar-refractivity contribution in [3.63, 3.8) is 0 Å². The van der Waals surface area contributed by atoms with Gasteiger partial charge < -0.3 is 15.8 Å². The van der Waals surface area contributed by atoms with Crippen LogP contribution in [0, 0.1) is 24.2 Å². The van der Waals surface area contributed by atoms with E-state index in [1.165, 1.54) is 6.42 Å². The predicted molar refractivity (Wildman–Crippen MR) is 83.1 cm³/mol. The van der Waals surface area contributed by atoms with Gasteiger partial charge in [-0.3, -0.25) is 10.1 Å². The molecule has 6 atom stereocenters. The standard InChI is InChI=1S/C15H23N3O2S/c1-2-6-20-10-5-3-4-9(7-10)11-8-12(19)17-14-13(11)21-15(16)18-14/h1,9-11,13-15,18H,3-8,16H2,(H,17,19). The summed E-state index contributed by atoms with van der Waals surface area (Å²) in [6, 6.07) is 0. The van der Waals surface area contributed by atoms with E-state index in [2.05, 4.69) is 16.6 Å². The van der Waals surface area contributed by atoms with Crippen molar-refractivity contribution in [2.75, 3.05) is 6.61 Å². The molecule has 4 N–H and O–H groups in total. The number of piperidine rings is 1. The average Bonchev–Trinajstić information content (AvgIpc) is 2.84. The number of carbonyl (C=O) groups excluding carboxylic acids is 1. The average molecular weight is 309 g/mol. The first-order valence-corrected chi connectivity index (χ1v) is 8.63. The van der Waals surface area contributed by atoms with E-state index >= 15 is 0 Å². The molecule has 5 nitrogen and oxygen atoms in total. The van der Waals surface area contributed by atoms with Crippen molar-refractivity contribution >= 4 is 17.7 Å². The number of hydrogen-bond donors (Lipinski definition) is 3. The second kappa shape index (κ2) is 6.57. The maximum atomic E-state index is 12.0. The van der Waals surface area contributed by atoms with Crippen LogP contribution in [0.15, 0.2) is 0 Å². The number of nitrogens with one attached hydrogen (secondary N) is 2. The molecule has 0 radical (unpaired) electrons. The highest BCUT2D eigenvalue weighted by molar-refractivity contribution is 8.00. The van der Waals surface area contributed by atoms with Gasteiger partial charge in [0.05, 0.1) is 12.3 Å². The molecule has 1 aliphatic carbocycles. The number of thioether (sulfide) groups is 1. The molecule has 2 heterocycles. The summed E-state index contributed by atoms with van der Waals surface area (Å²) in [4.78, 5) is 12.0. The lowest BCUT2D eigenvalue weighted by atomic mass is 9.74. The normalized spacial score (nSPS) is 43.0. The molecule has 1 saturated carbocycles. The topological polar surface area (TPSA) is 76.4 Å². The molecule has 0 aromatic heterocycles. The van der Waals surface area contributed by atoms with Gasteiger partial charge in [-0.2, -0.15) is 0 Å². The molecule has 2 aliphatic heterocycles. The van der Waals surface area contributed by atoms with Crippen LogP contribution in [0.25, 0.3) is 0 Å². The zero-order chi connectivity index (χ0) is 14.8. The Bertz CT molecular complexity index is 439. The summed E-state index contributed by atoms with van der Waals surface area (Å²) >= 11 is 1.75. The van der Waals surface area contributed by atoms with Crippen molar-refractivity contribution in [1.29, 1.82) is 0 Å². The molecule has 116 valence electrons. The number of ether oxygens (including phenoxy) is 1. The minimum Gasteiger partial charge on any atom is -0.366 e. The van der Waals surface area contributed by atoms with Crippen molar-refractivity contribution in [3.8, 4) is 12.3 Å². The fourth-order valence-electron chi connectivity index (χ4n) is 3.92. The second-order valence-electron chi connectivity index (χ2n) is 6.16. The molecule has 3 rings (SSSR count). The summed E-state index contributed by atoms with van der Waals surface area (Å²) in [6.45, 7) is 0.385. The fourth-order valence-corrected chi connectivity index (χ4v) is 5.30. The monoisotopic (exact) mass is 309 g/mol. The molecule has 0 spiro atoms. The highest BCUT2D eigenvalue weighted by atomic mass is 32.2. The largest absolute Gasteiger partial charge is 0.366 e. The highest BCUT2D eigenvalue weighted by Gasteiger charge is 2.46. The van der Waals surface area contributed by atoms with E-state index in [0.717, 1.165) is 19.3 Å². The zero-order valence-electron chi connectivity index (χ0n) is 12.1. The number of amides is 1. The van der Waals surface area contributed by atoms with E-state index in [-0.39, 0.29) is 23.7 Å². The van der Waals surface area contributed by atoms with E-state index in [1.54, 1.807) is 11.8 Å². The van der Waals surface area contributed by atoms with Gasteiger partial charge in [0, 0.05) is 11.7 Å². The van der Waals surface area contributed by atoms with Crippen LogP contribution < -0.4 is 16.4 Å². The lowest BCUT2D eigenvalue weighted by Gasteiger charge is -2.41. The Kier molecular flexibility index (Phi) is 4.75. The number of carbonyl (C=O) groups is 1. The summed E-state index contributed by atoms with van der Waals surface area (Å²) in [5.41, 5.74) is 5.89. The summed E-state index contributed by atoms with van der Waals surface area (Å²) in [7, 11) is 0. The van der Waals surface area contributed by atoms with Gasteiger partial charge in [0.1, 0.15) is 12.1 Å². The molecular formula is C15H23N3O2S. The molecule has 0 aromatic rings. The molecule has 0 aromatic carbocycles. The van der Waals surface area contributed by atoms with E-state index in [0.29, 0.717) is 30.1 Å². The molecule has 2 saturated heterocycles. The van der Waals surface area contributed by atoms with Gasteiger partial charge in [0.15, 0.2) is 0 Å². The Morgan fingerprint density at radius 1 is 1.48 bits per heavy atom. The van der Waals surface area contributed by atoms with Crippen LogP contribution in [0.5, 0.6) is 0 Å². The smallest absolute Gasteiger partial charge is 0.221 e. The minimum absolute atomic E-state index is 0.0169. The highest BCUT2D eigenvalue weighted by Crippen LogP contribution is 2.43. The van der Waals surface area contributed by atoms with Crippen LogP contribution in [0.3, 0.4) is 0 Å². The molecule has 6 unspecified atom stereocenters. The number of terminal acetylenes is 1. The van der Waals surface area contributed by atoms with Crippen molar-refractivity contribution in [2.24, 2.45) is 17.6 Å². The summed E-state index contributed by atoms with van der Waals surface area (Å²) in [5.74, 6) is 3.59. The number of fused-ring (bicyclic) bond motifs is 1. The Labute approximate surface area is 130 Å².